The molecule has 0 aromatic heterocycles. The van der Waals surface area contributed by atoms with Gasteiger partial charge in [-0.2, -0.15) is 0 Å². The minimum Gasteiger partial charge on any atom is -0.0811 e. The van der Waals surface area contributed by atoms with Crippen molar-refractivity contribution in [1.29, 1.82) is 0 Å². The lowest BCUT2D eigenvalue weighted by atomic mass is 9.54. The first-order chi connectivity index (χ1) is 13.7. The van der Waals surface area contributed by atoms with E-state index >= 15 is 0 Å². The minimum absolute atomic E-state index is 0.386. The molecule has 0 heteroatoms. The first-order valence-electron chi connectivity index (χ1n) is 12.5. The molecule has 3 aliphatic carbocycles. The molecule has 0 heterocycles. The summed E-state index contributed by atoms with van der Waals surface area (Å²) in [5.41, 5.74) is 11.0. The third-order valence-corrected chi connectivity index (χ3v) is 10.0. The highest BCUT2D eigenvalue weighted by molar-refractivity contribution is 5.53. The molecule has 0 N–H and O–H groups in total. The SMILES string of the molecule is Cc1cc(C)c2c(c1C)C(C1=CC(C)C(C)(C)CC1C)C1C(C2)C(C)(C)CC1(C)C. The number of hydrogen-bond acceptors (Lipinski definition) is 0. The maximum Gasteiger partial charge on any atom is 0.00928 e. The fraction of sp³-hybridized carbons (Fsp3) is 0.733. The summed E-state index contributed by atoms with van der Waals surface area (Å²) in [6.07, 6.45) is 6.67. The topological polar surface area (TPSA) is 0 Å². The van der Waals surface area contributed by atoms with Crippen molar-refractivity contribution in [1.82, 2.24) is 0 Å². The molecule has 4 rings (SSSR count). The van der Waals surface area contributed by atoms with E-state index in [0.29, 0.717) is 34.0 Å². The first kappa shape index (κ1) is 22.2. The van der Waals surface area contributed by atoms with Crippen molar-refractivity contribution in [2.24, 2.45) is 39.9 Å². The third kappa shape index (κ3) is 3.15. The predicted molar refractivity (Wildman–Crippen MR) is 131 cm³/mol. The van der Waals surface area contributed by atoms with Crippen molar-refractivity contribution in [2.45, 2.75) is 101 Å². The monoisotopic (exact) mass is 406 g/mol. The summed E-state index contributed by atoms with van der Waals surface area (Å²) in [6, 6.07) is 2.46. The molecule has 0 bridgehead atoms. The van der Waals surface area contributed by atoms with E-state index < -0.39 is 0 Å². The summed E-state index contributed by atoms with van der Waals surface area (Å²) in [7, 11) is 0. The molecular formula is C30H46. The molecule has 3 aliphatic rings. The van der Waals surface area contributed by atoms with Gasteiger partial charge in [0.2, 0.25) is 0 Å². The van der Waals surface area contributed by atoms with Crippen molar-refractivity contribution in [2.75, 3.05) is 0 Å². The molecule has 0 aliphatic heterocycles. The average Bonchev–Trinajstić information content (AvgIpc) is 2.78. The Morgan fingerprint density at radius 1 is 0.833 bits per heavy atom. The summed E-state index contributed by atoms with van der Waals surface area (Å²) in [5, 5.41) is 0. The quantitative estimate of drug-likeness (QED) is 0.410. The van der Waals surface area contributed by atoms with Crippen molar-refractivity contribution >= 4 is 0 Å². The van der Waals surface area contributed by atoms with E-state index in [4.69, 9.17) is 0 Å². The molecule has 0 spiro atoms. The maximum absolute atomic E-state index is 2.73. The summed E-state index contributed by atoms with van der Waals surface area (Å²) < 4.78 is 0. The second-order valence-corrected chi connectivity index (χ2v) is 13.5. The molecule has 1 aromatic carbocycles. The second-order valence-electron chi connectivity index (χ2n) is 13.5. The van der Waals surface area contributed by atoms with Gasteiger partial charge in [-0.05, 0) is 108 Å². The standard InChI is InChI=1S/C30H46/c1-17-12-18(2)23-14-24-27(30(10,11)16-29(24,8)9)26(25(23)21(17)5)22-13-20(4)28(6,7)15-19(22)3/h12-13,19-20,24,26-27H,14-16H2,1-11H3. The number of benzene rings is 1. The zero-order valence-corrected chi connectivity index (χ0v) is 21.7. The lowest BCUT2D eigenvalue weighted by Crippen LogP contribution is -2.40. The summed E-state index contributed by atoms with van der Waals surface area (Å²) in [6.45, 7) is 27.3. The highest BCUT2D eigenvalue weighted by Crippen LogP contribution is 2.67. The van der Waals surface area contributed by atoms with Gasteiger partial charge >= 0.3 is 0 Å². The molecule has 5 unspecified atom stereocenters. The number of rotatable bonds is 1. The molecule has 0 amide bonds. The molecule has 5 atom stereocenters. The number of allylic oxidation sites excluding steroid dienone is 2. The van der Waals surface area contributed by atoms with Gasteiger partial charge < -0.3 is 0 Å². The summed E-state index contributed by atoms with van der Waals surface area (Å²) >= 11 is 0. The van der Waals surface area contributed by atoms with Crippen LogP contribution in [-0.4, -0.2) is 0 Å². The van der Waals surface area contributed by atoms with E-state index in [1.165, 1.54) is 30.4 Å². The lowest BCUT2D eigenvalue weighted by molar-refractivity contribution is 0.139. The van der Waals surface area contributed by atoms with Gasteiger partial charge in [-0.25, -0.2) is 0 Å². The molecule has 1 saturated carbocycles. The van der Waals surface area contributed by atoms with Crippen LogP contribution in [0.1, 0.15) is 102 Å². The Hall–Kier alpha value is -1.04. The Labute approximate surface area is 186 Å². The lowest BCUT2D eigenvalue weighted by Gasteiger charge is -2.50. The molecule has 1 fully saturated rings. The Kier molecular flexibility index (Phi) is 4.97. The van der Waals surface area contributed by atoms with Gasteiger partial charge in [0, 0.05) is 5.92 Å². The van der Waals surface area contributed by atoms with Gasteiger partial charge in [-0.3, -0.25) is 0 Å². The first-order valence-corrected chi connectivity index (χ1v) is 12.5. The van der Waals surface area contributed by atoms with Crippen molar-refractivity contribution in [3.63, 3.8) is 0 Å². The Morgan fingerprint density at radius 3 is 2.10 bits per heavy atom. The Balaban J connectivity index is 2.00. The smallest absolute Gasteiger partial charge is 0.00928 e. The Bertz CT molecular complexity index is 891. The van der Waals surface area contributed by atoms with Crippen LogP contribution in [0.25, 0.3) is 0 Å². The van der Waals surface area contributed by atoms with Crippen LogP contribution >= 0.6 is 0 Å². The van der Waals surface area contributed by atoms with E-state index in [1.807, 2.05) is 0 Å². The van der Waals surface area contributed by atoms with Gasteiger partial charge in [-0.1, -0.05) is 73.1 Å². The van der Waals surface area contributed by atoms with E-state index in [9.17, 15) is 0 Å². The van der Waals surface area contributed by atoms with Crippen LogP contribution in [0.4, 0.5) is 0 Å². The minimum atomic E-state index is 0.386. The zero-order valence-electron chi connectivity index (χ0n) is 21.7. The fourth-order valence-corrected chi connectivity index (χ4v) is 8.36. The van der Waals surface area contributed by atoms with E-state index in [1.54, 1.807) is 22.3 Å². The molecule has 1 aromatic rings. The number of hydrogen-bond donors (Lipinski definition) is 0. The van der Waals surface area contributed by atoms with Gasteiger partial charge in [-0.15, -0.1) is 0 Å². The summed E-state index contributed by atoms with van der Waals surface area (Å²) in [4.78, 5) is 0. The van der Waals surface area contributed by atoms with E-state index in [-0.39, 0.29) is 0 Å². The van der Waals surface area contributed by atoms with Crippen LogP contribution in [0.5, 0.6) is 0 Å². The van der Waals surface area contributed by atoms with Crippen LogP contribution in [0.2, 0.25) is 0 Å². The number of fused-ring (bicyclic) bond motifs is 2. The largest absolute Gasteiger partial charge is 0.0811 e. The molecule has 30 heavy (non-hydrogen) atoms. The molecule has 166 valence electrons. The van der Waals surface area contributed by atoms with E-state index in [0.717, 1.165) is 11.8 Å². The highest BCUT2D eigenvalue weighted by Gasteiger charge is 2.58. The van der Waals surface area contributed by atoms with Crippen molar-refractivity contribution in [3.8, 4) is 0 Å². The van der Waals surface area contributed by atoms with Crippen LogP contribution in [0.3, 0.4) is 0 Å². The van der Waals surface area contributed by atoms with Crippen LogP contribution in [0, 0.1) is 60.7 Å². The molecular weight excluding hydrogens is 360 g/mol. The molecule has 0 nitrogen and oxygen atoms in total. The normalized spacial score (nSPS) is 36.1. The highest BCUT2D eigenvalue weighted by atomic mass is 14.6. The number of aryl methyl sites for hydroxylation is 2. The Morgan fingerprint density at radius 2 is 1.47 bits per heavy atom. The van der Waals surface area contributed by atoms with Gasteiger partial charge in [0.1, 0.15) is 0 Å². The average molecular weight is 407 g/mol. The molecule has 0 saturated heterocycles. The van der Waals surface area contributed by atoms with E-state index in [2.05, 4.69) is 88.3 Å². The van der Waals surface area contributed by atoms with Gasteiger partial charge in [0.05, 0.1) is 0 Å². The zero-order chi connectivity index (χ0) is 22.4. The van der Waals surface area contributed by atoms with Crippen LogP contribution in [0.15, 0.2) is 17.7 Å². The second kappa shape index (κ2) is 6.73. The fourth-order valence-electron chi connectivity index (χ4n) is 8.36. The van der Waals surface area contributed by atoms with Gasteiger partial charge in [0.15, 0.2) is 0 Å². The maximum atomic E-state index is 2.73. The van der Waals surface area contributed by atoms with Crippen molar-refractivity contribution in [3.05, 3.63) is 45.5 Å². The van der Waals surface area contributed by atoms with Crippen LogP contribution < -0.4 is 0 Å². The van der Waals surface area contributed by atoms with Crippen LogP contribution in [-0.2, 0) is 6.42 Å². The van der Waals surface area contributed by atoms with Gasteiger partial charge in [0.25, 0.3) is 0 Å². The molecule has 0 radical (unpaired) electrons. The third-order valence-electron chi connectivity index (χ3n) is 10.0. The predicted octanol–water partition coefficient (Wildman–Crippen LogP) is 8.57. The van der Waals surface area contributed by atoms with Crippen molar-refractivity contribution < 1.29 is 0 Å². The summed E-state index contributed by atoms with van der Waals surface area (Å²) in [5.74, 6) is 3.46.